The van der Waals surface area contributed by atoms with E-state index in [1.54, 1.807) is 19.1 Å². The van der Waals surface area contributed by atoms with Gasteiger partial charge < -0.3 is 10.8 Å². The largest absolute Gasteiger partial charge is 0.401 e. The van der Waals surface area contributed by atoms with Gasteiger partial charge in [-0.1, -0.05) is 29.8 Å². The van der Waals surface area contributed by atoms with Crippen molar-refractivity contribution in [2.75, 3.05) is 19.7 Å². The second-order valence-corrected chi connectivity index (χ2v) is 5.03. The highest BCUT2D eigenvalue weighted by molar-refractivity contribution is 5.26. The third kappa shape index (κ3) is 5.11. The van der Waals surface area contributed by atoms with E-state index in [9.17, 15) is 13.2 Å². The van der Waals surface area contributed by atoms with Gasteiger partial charge in [0.05, 0.1) is 19.2 Å². The summed E-state index contributed by atoms with van der Waals surface area (Å²) in [5, 5.41) is 9.02. The molecule has 0 fully saturated rings. The van der Waals surface area contributed by atoms with Crippen LogP contribution in [0.2, 0.25) is 0 Å². The van der Waals surface area contributed by atoms with Crippen LogP contribution in [0.15, 0.2) is 24.3 Å². The van der Waals surface area contributed by atoms with E-state index < -0.39 is 24.8 Å². The molecule has 3 nitrogen and oxygen atoms in total. The highest BCUT2D eigenvalue weighted by Gasteiger charge is 2.35. The lowest BCUT2D eigenvalue weighted by molar-refractivity contribution is -0.153. The Morgan fingerprint density at radius 2 is 2.00 bits per heavy atom. The van der Waals surface area contributed by atoms with Crippen LogP contribution in [0.3, 0.4) is 0 Å². The molecule has 0 bridgehead atoms. The summed E-state index contributed by atoms with van der Waals surface area (Å²) in [4.78, 5) is 1.18. The van der Waals surface area contributed by atoms with Crippen LogP contribution in [0, 0.1) is 6.92 Å². The lowest BCUT2D eigenvalue weighted by atomic mass is 9.97. The molecule has 0 aliphatic carbocycles. The van der Waals surface area contributed by atoms with Crippen molar-refractivity contribution in [3.05, 3.63) is 35.4 Å². The molecule has 0 aromatic heterocycles. The van der Waals surface area contributed by atoms with Crippen LogP contribution >= 0.6 is 0 Å². The van der Waals surface area contributed by atoms with Crippen molar-refractivity contribution in [1.82, 2.24) is 4.90 Å². The summed E-state index contributed by atoms with van der Waals surface area (Å²) in [6.07, 6.45) is -4.33. The molecule has 6 heteroatoms. The Hall–Kier alpha value is -1.11. The van der Waals surface area contributed by atoms with Crippen LogP contribution < -0.4 is 5.73 Å². The van der Waals surface area contributed by atoms with E-state index in [4.69, 9.17) is 10.8 Å². The Morgan fingerprint density at radius 1 is 1.35 bits per heavy atom. The molecule has 1 aromatic carbocycles. The Balaban J connectivity index is 3.08. The van der Waals surface area contributed by atoms with Gasteiger partial charge in [-0.3, -0.25) is 4.90 Å². The summed E-state index contributed by atoms with van der Waals surface area (Å²) in [5.74, 6) is 0. The van der Waals surface area contributed by atoms with Crippen molar-refractivity contribution in [2.45, 2.75) is 32.1 Å². The maximum absolute atomic E-state index is 12.7. The maximum Gasteiger partial charge on any atom is 0.401 e. The van der Waals surface area contributed by atoms with Gasteiger partial charge in [0.15, 0.2) is 0 Å². The Labute approximate surface area is 117 Å². The van der Waals surface area contributed by atoms with Gasteiger partial charge in [0.1, 0.15) is 0 Å². The average molecular weight is 290 g/mol. The van der Waals surface area contributed by atoms with Crippen LogP contribution in [0.4, 0.5) is 13.2 Å². The molecule has 0 saturated heterocycles. The molecule has 0 amide bonds. The molecule has 114 valence electrons. The number of alkyl halides is 3. The highest BCUT2D eigenvalue weighted by atomic mass is 19.4. The molecule has 2 unspecified atom stereocenters. The first-order valence-corrected chi connectivity index (χ1v) is 6.48. The van der Waals surface area contributed by atoms with Crippen molar-refractivity contribution in [2.24, 2.45) is 5.73 Å². The smallest absolute Gasteiger partial charge is 0.395 e. The number of aliphatic hydroxyl groups excluding tert-OH is 1. The number of hydrogen-bond donors (Lipinski definition) is 2. The van der Waals surface area contributed by atoms with Gasteiger partial charge in [0.25, 0.3) is 0 Å². The second kappa shape index (κ2) is 7.06. The molecule has 20 heavy (non-hydrogen) atoms. The van der Waals surface area contributed by atoms with Gasteiger partial charge in [-0.15, -0.1) is 0 Å². The summed E-state index contributed by atoms with van der Waals surface area (Å²) < 4.78 is 38.1. The van der Waals surface area contributed by atoms with Crippen LogP contribution in [-0.2, 0) is 0 Å². The van der Waals surface area contributed by atoms with Crippen molar-refractivity contribution < 1.29 is 18.3 Å². The second-order valence-electron chi connectivity index (χ2n) is 5.03. The van der Waals surface area contributed by atoms with E-state index in [0.29, 0.717) is 0 Å². The van der Waals surface area contributed by atoms with Crippen molar-refractivity contribution >= 4 is 0 Å². The van der Waals surface area contributed by atoms with E-state index in [2.05, 4.69) is 0 Å². The molecule has 0 aliphatic rings. The van der Waals surface area contributed by atoms with Crippen LogP contribution in [0.5, 0.6) is 0 Å². The molecular weight excluding hydrogens is 269 g/mol. The van der Waals surface area contributed by atoms with Gasteiger partial charge in [-0.2, -0.15) is 13.2 Å². The molecule has 0 spiro atoms. The molecular formula is C14H21F3N2O. The molecule has 0 aliphatic heterocycles. The third-order valence-electron chi connectivity index (χ3n) is 3.04. The first-order chi connectivity index (χ1) is 9.24. The van der Waals surface area contributed by atoms with Gasteiger partial charge in [-0.05, 0) is 19.4 Å². The minimum absolute atomic E-state index is 0.0698. The number of nitrogens with zero attached hydrogens (tertiary/aromatic N) is 1. The van der Waals surface area contributed by atoms with Gasteiger partial charge in [-0.25, -0.2) is 0 Å². The topological polar surface area (TPSA) is 49.5 Å². The molecule has 0 saturated carbocycles. The van der Waals surface area contributed by atoms with E-state index in [-0.39, 0.29) is 13.2 Å². The fourth-order valence-electron chi connectivity index (χ4n) is 2.38. The van der Waals surface area contributed by atoms with E-state index in [1.165, 1.54) is 4.90 Å². The zero-order chi connectivity index (χ0) is 15.3. The number of nitrogens with two attached hydrogens (primary N) is 1. The predicted molar refractivity (Wildman–Crippen MR) is 72.3 cm³/mol. The lowest BCUT2D eigenvalue weighted by Crippen LogP contribution is -2.45. The molecule has 2 atom stereocenters. The van der Waals surface area contributed by atoms with Crippen molar-refractivity contribution in [1.29, 1.82) is 0 Å². The van der Waals surface area contributed by atoms with Gasteiger partial charge in [0.2, 0.25) is 0 Å². The number of rotatable bonds is 6. The zero-order valence-electron chi connectivity index (χ0n) is 11.7. The lowest BCUT2D eigenvalue weighted by Gasteiger charge is -2.34. The number of aryl methyl sites for hydroxylation is 1. The maximum atomic E-state index is 12.7. The minimum atomic E-state index is -4.33. The molecule has 0 heterocycles. The fraction of sp³-hybridized carbons (Fsp3) is 0.571. The molecule has 1 rings (SSSR count). The number of benzene rings is 1. The van der Waals surface area contributed by atoms with E-state index in [0.717, 1.165) is 11.1 Å². The Kier molecular flexibility index (Phi) is 5.98. The van der Waals surface area contributed by atoms with Crippen LogP contribution in [-0.4, -0.2) is 41.9 Å². The normalized spacial score (nSPS) is 15.4. The zero-order valence-corrected chi connectivity index (χ0v) is 11.7. The molecule has 0 radical (unpaired) electrons. The van der Waals surface area contributed by atoms with E-state index in [1.807, 2.05) is 19.1 Å². The number of hydrogen-bond acceptors (Lipinski definition) is 3. The molecule has 3 N–H and O–H groups in total. The first kappa shape index (κ1) is 16.9. The standard InChI is InChI=1S/C14H21F3N2O/c1-10-4-3-5-12(8-10)13(11(2)18)19(6-7-20)9-14(15,16)17/h3-5,8,11,13,20H,6-7,9,18H2,1-2H3. The number of halogens is 3. The fourth-order valence-corrected chi connectivity index (χ4v) is 2.38. The summed E-state index contributed by atoms with van der Waals surface area (Å²) in [5.41, 5.74) is 7.57. The van der Waals surface area contributed by atoms with Crippen LogP contribution in [0.1, 0.15) is 24.1 Å². The minimum Gasteiger partial charge on any atom is -0.395 e. The third-order valence-corrected chi connectivity index (χ3v) is 3.04. The Bertz CT molecular complexity index is 421. The van der Waals surface area contributed by atoms with Crippen molar-refractivity contribution in [3.63, 3.8) is 0 Å². The average Bonchev–Trinajstić information content (AvgIpc) is 2.26. The summed E-state index contributed by atoms with van der Waals surface area (Å²) in [7, 11) is 0. The molecule has 1 aromatic rings. The van der Waals surface area contributed by atoms with Crippen LogP contribution in [0.25, 0.3) is 0 Å². The SMILES string of the molecule is Cc1cccc(C(C(C)N)N(CCO)CC(F)(F)F)c1. The van der Waals surface area contributed by atoms with Gasteiger partial charge in [0, 0.05) is 12.6 Å². The van der Waals surface area contributed by atoms with Crippen molar-refractivity contribution in [3.8, 4) is 0 Å². The summed E-state index contributed by atoms with van der Waals surface area (Å²) in [6, 6.07) is 6.21. The summed E-state index contributed by atoms with van der Waals surface area (Å²) in [6.45, 7) is 2.05. The van der Waals surface area contributed by atoms with E-state index >= 15 is 0 Å². The first-order valence-electron chi connectivity index (χ1n) is 6.48. The predicted octanol–water partition coefficient (Wildman–Crippen LogP) is 2.24. The monoisotopic (exact) mass is 290 g/mol. The van der Waals surface area contributed by atoms with Gasteiger partial charge >= 0.3 is 6.18 Å². The quantitative estimate of drug-likeness (QED) is 0.845. The summed E-state index contributed by atoms with van der Waals surface area (Å²) >= 11 is 0. The Morgan fingerprint density at radius 3 is 2.45 bits per heavy atom. The highest BCUT2D eigenvalue weighted by Crippen LogP contribution is 2.28. The number of aliphatic hydroxyl groups is 1.